The van der Waals surface area contributed by atoms with E-state index in [2.05, 4.69) is 178 Å². The zero-order valence-electron chi connectivity index (χ0n) is 28.8. The van der Waals surface area contributed by atoms with Crippen LogP contribution in [0.5, 0.6) is 0 Å². The van der Waals surface area contributed by atoms with Crippen molar-refractivity contribution in [3.8, 4) is 67.5 Å². The van der Waals surface area contributed by atoms with E-state index in [4.69, 9.17) is 15.0 Å². The SMILES string of the molecule is CC1(C)c2ccccc2-c2ccc(-c3nc(-c4cccc(-c5ccc(-c6ccccc6)cc5)c4)nc(-c4cccc5c4sc4ccccc45)n3)cc21. The minimum absolute atomic E-state index is 0.131. The molecule has 0 aliphatic heterocycles. The molecule has 1 aliphatic rings. The van der Waals surface area contributed by atoms with Crippen molar-refractivity contribution < 1.29 is 0 Å². The summed E-state index contributed by atoms with van der Waals surface area (Å²) in [5.74, 6) is 2.01. The van der Waals surface area contributed by atoms with E-state index in [0.717, 1.165) is 27.8 Å². The number of thiophene rings is 1. The summed E-state index contributed by atoms with van der Waals surface area (Å²) >= 11 is 1.79. The van der Waals surface area contributed by atoms with Crippen LogP contribution in [0.2, 0.25) is 0 Å². The maximum atomic E-state index is 5.25. The van der Waals surface area contributed by atoms with Crippen LogP contribution in [0.1, 0.15) is 25.0 Å². The van der Waals surface area contributed by atoms with Crippen LogP contribution in [0.4, 0.5) is 0 Å². The van der Waals surface area contributed by atoms with E-state index in [-0.39, 0.29) is 5.41 Å². The lowest BCUT2D eigenvalue weighted by atomic mass is 9.82. The van der Waals surface area contributed by atoms with Crippen molar-refractivity contribution >= 4 is 31.5 Å². The summed E-state index contributed by atoms with van der Waals surface area (Å²) in [6, 6.07) is 58.3. The van der Waals surface area contributed by atoms with E-state index >= 15 is 0 Å². The highest BCUT2D eigenvalue weighted by atomic mass is 32.1. The quantitative estimate of drug-likeness (QED) is 0.181. The van der Waals surface area contributed by atoms with Crippen molar-refractivity contribution in [2.45, 2.75) is 19.3 Å². The summed E-state index contributed by atoms with van der Waals surface area (Å²) in [6.07, 6.45) is 0. The Labute approximate surface area is 307 Å². The molecule has 0 bridgehead atoms. The minimum Gasteiger partial charge on any atom is -0.208 e. The lowest BCUT2D eigenvalue weighted by Gasteiger charge is -2.21. The van der Waals surface area contributed by atoms with E-state index in [1.807, 2.05) is 0 Å². The van der Waals surface area contributed by atoms with Crippen molar-refractivity contribution in [2.24, 2.45) is 0 Å². The van der Waals surface area contributed by atoms with Crippen molar-refractivity contribution in [3.63, 3.8) is 0 Å². The van der Waals surface area contributed by atoms with E-state index in [9.17, 15) is 0 Å². The highest BCUT2D eigenvalue weighted by Gasteiger charge is 2.35. The summed E-state index contributed by atoms with van der Waals surface area (Å²) in [4.78, 5) is 15.7. The monoisotopic (exact) mass is 683 g/mol. The summed E-state index contributed by atoms with van der Waals surface area (Å²) < 4.78 is 2.44. The van der Waals surface area contributed by atoms with E-state index in [1.165, 1.54) is 53.6 Å². The van der Waals surface area contributed by atoms with E-state index in [0.29, 0.717) is 17.5 Å². The highest BCUT2D eigenvalue weighted by molar-refractivity contribution is 7.26. The Morgan fingerprint density at radius 3 is 1.75 bits per heavy atom. The van der Waals surface area contributed by atoms with Gasteiger partial charge in [-0.1, -0.05) is 153 Å². The fourth-order valence-corrected chi connectivity index (χ4v) is 9.06. The minimum atomic E-state index is -0.131. The molecule has 9 aromatic rings. The molecule has 0 amide bonds. The largest absolute Gasteiger partial charge is 0.208 e. The molecular formula is C48H33N3S. The van der Waals surface area contributed by atoms with Gasteiger partial charge < -0.3 is 0 Å². The zero-order valence-corrected chi connectivity index (χ0v) is 29.7. The Balaban J connectivity index is 1.13. The van der Waals surface area contributed by atoms with Gasteiger partial charge in [-0.2, -0.15) is 0 Å². The summed E-state index contributed by atoms with van der Waals surface area (Å²) in [7, 11) is 0. The van der Waals surface area contributed by atoms with Gasteiger partial charge in [-0.05, 0) is 68.8 Å². The molecule has 10 rings (SSSR count). The normalized spacial score (nSPS) is 13.0. The maximum Gasteiger partial charge on any atom is 0.165 e. The van der Waals surface area contributed by atoms with Gasteiger partial charge in [-0.3, -0.25) is 0 Å². The van der Waals surface area contributed by atoms with Crippen LogP contribution < -0.4 is 0 Å². The lowest BCUT2D eigenvalue weighted by Crippen LogP contribution is -2.15. The van der Waals surface area contributed by atoms with Gasteiger partial charge in [0.15, 0.2) is 17.5 Å². The van der Waals surface area contributed by atoms with Gasteiger partial charge in [0.1, 0.15) is 0 Å². The molecule has 0 unspecified atom stereocenters. The summed E-state index contributed by atoms with van der Waals surface area (Å²) in [6.45, 7) is 4.62. The molecule has 0 N–H and O–H groups in total. The summed E-state index contributed by atoms with van der Waals surface area (Å²) in [5.41, 5.74) is 12.7. The third-order valence-electron chi connectivity index (χ3n) is 10.6. The standard InChI is InChI=1S/C48H33N3S/c1-48(2)41-20-8-6-16-36(41)37-27-26-35(29-42(37)48)46-49-45(50-47(51-46)40-19-11-18-39-38-17-7-9-21-43(38)52-44(39)40)34-15-10-14-33(28-34)32-24-22-31(23-25-32)30-12-4-3-5-13-30/h3-29H,1-2H3. The Hall–Kier alpha value is -6.23. The Bertz CT molecular complexity index is 2810. The van der Waals surface area contributed by atoms with Crippen LogP contribution in [0, 0.1) is 0 Å². The molecule has 2 heterocycles. The maximum absolute atomic E-state index is 5.25. The Morgan fingerprint density at radius 1 is 0.385 bits per heavy atom. The van der Waals surface area contributed by atoms with Gasteiger partial charge in [0.25, 0.3) is 0 Å². The van der Waals surface area contributed by atoms with E-state index < -0.39 is 0 Å². The third-order valence-corrected chi connectivity index (χ3v) is 11.8. The molecule has 246 valence electrons. The predicted octanol–water partition coefficient (Wildman–Crippen LogP) is 12.9. The molecule has 0 atom stereocenters. The van der Waals surface area contributed by atoms with Gasteiger partial charge in [0.05, 0.1) is 0 Å². The number of hydrogen-bond donors (Lipinski definition) is 0. The smallest absolute Gasteiger partial charge is 0.165 e. The van der Waals surface area contributed by atoms with Gasteiger partial charge in [0.2, 0.25) is 0 Å². The van der Waals surface area contributed by atoms with Crippen molar-refractivity contribution in [1.29, 1.82) is 0 Å². The van der Waals surface area contributed by atoms with Crippen molar-refractivity contribution in [2.75, 3.05) is 0 Å². The first-order valence-corrected chi connectivity index (χ1v) is 18.5. The van der Waals surface area contributed by atoms with Crippen LogP contribution in [-0.2, 0) is 5.41 Å². The fraction of sp³-hybridized carbons (Fsp3) is 0.0625. The molecule has 0 radical (unpaired) electrons. The number of rotatable bonds is 5. The molecule has 0 saturated heterocycles. The molecule has 4 heteroatoms. The average Bonchev–Trinajstić information content (AvgIpc) is 3.70. The van der Waals surface area contributed by atoms with Crippen LogP contribution >= 0.6 is 11.3 Å². The first-order chi connectivity index (χ1) is 25.5. The molecule has 1 aliphatic carbocycles. The first kappa shape index (κ1) is 30.6. The second-order valence-corrected chi connectivity index (χ2v) is 15.1. The van der Waals surface area contributed by atoms with Gasteiger partial charge in [0, 0.05) is 42.3 Å². The van der Waals surface area contributed by atoms with Gasteiger partial charge in [-0.25, -0.2) is 15.0 Å². The molecule has 52 heavy (non-hydrogen) atoms. The number of nitrogens with zero attached hydrogens (tertiary/aromatic N) is 3. The molecule has 3 nitrogen and oxygen atoms in total. The van der Waals surface area contributed by atoms with Crippen LogP contribution in [0.25, 0.3) is 87.7 Å². The number of aromatic nitrogens is 3. The second-order valence-electron chi connectivity index (χ2n) is 14.0. The second kappa shape index (κ2) is 11.9. The molecule has 0 saturated carbocycles. The van der Waals surface area contributed by atoms with Crippen molar-refractivity contribution in [1.82, 2.24) is 15.0 Å². The van der Waals surface area contributed by atoms with E-state index in [1.54, 1.807) is 11.3 Å². The highest BCUT2D eigenvalue weighted by Crippen LogP contribution is 2.49. The molecule has 7 aromatic carbocycles. The molecule has 0 spiro atoms. The Kier molecular flexibility index (Phi) is 7.02. The number of hydrogen-bond acceptors (Lipinski definition) is 4. The first-order valence-electron chi connectivity index (χ1n) is 17.7. The molecule has 0 fully saturated rings. The predicted molar refractivity (Wildman–Crippen MR) is 217 cm³/mol. The lowest BCUT2D eigenvalue weighted by molar-refractivity contribution is 0.660. The van der Waals surface area contributed by atoms with Crippen LogP contribution in [0.3, 0.4) is 0 Å². The molecular weight excluding hydrogens is 651 g/mol. The van der Waals surface area contributed by atoms with Crippen molar-refractivity contribution in [3.05, 3.63) is 175 Å². The number of fused-ring (bicyclic) bond motifs is 6. The molecule has 2 aromatic heterocycles. The van der Waals surface area contributed by atoms with Crippen LogP contribution in [-0.4, -0.2) is 15.0 Å². The Morgan fingerprint density at radius 2 is 0.923 bits per heavy atom. The zero-order chi connectivity index (χ0) is 34.8. The van der Waals surface area contributed by atoms with Crippen LogP contribution in [0.15, 0.2) is 164 Å². The topological polar surface area (TPSA) is 38.7 Å². The summed E-state index contributed by atoms with van der Waals surface area (Å²) in [5, 5.41) is 2.48. The van der Waals surface area contributed by atoms with Gasteiger partial charge >= 0.3 is 0 Å². The third kappa shape index (κ3) is 4.98. The number of benzene rings is 7. The fourth-order valence-electron chi connectivity index (χ4n) is 7.84. The average molecular weight is 684 g/mol. The van der Waals surface area contributed by atoms with Gasteiger partial charge in [-0.15, -0.1) is 11.3 Å².